The van der Waals surface area contributed by atoms with E-state index in [0.29, 0.717) is 24.4 Å². The molecule has 1 fully saturated rings. The van der Waals surface area contributed by atoms with Crippen LogP contribution >= 0.6 is 0 Å². The minimum absolute atomic E-state index is 0.0620. The van der Waals surface area contributed by atoms with Gasteiger partial charge in [-0.1, -0.05) is 49.4 Å². The van der Waals surface area contributed by atoms with E-state index in [4.69, 9.17) is 4.74 Å². The Hall–Kier alpha value is -3.71. The zero-order valence-electron chi connectivity index (χ0n) is 22.1. The third-order valence-electron chi connectivity index (χ3n) is 7.14. The van der Waals surface area contributed by atoms with Crippen molar-refractivity contribution in [3.63, 3.8) is 0 Å². The molecule has 1 N–H and O–H groups in total. The summed E-state index contributed by atoms with van der Waals surface area (Å²) in [6.45, 7) is 5.36. The average Bonchev–Trinajstić information content (AvgIpc) is 2.95. The zero-order valence-corrected chi connectivity index (χ0v) is 22.1. The second kappa shape index (κ2) is 13.2. The summed E-state index contributed by atoms with van der Waals surface area (Å²) in [7, 11) is 1.59. The molecule has 0 bridgehead atoms. The average molecular weight is 518 g/mol. The molecular weight excluding hydrogens is 481 g/mol. The van der Waals surface area contributed by atoms with Gasteiger partial charge in [0.2, 0.25) is 11.8 Å². The number of benzene rings is 3. The molecule has 1 heterocycles. The van der Waals surface area contributed by atoms with Crippen molar-refractivity contribution in [3.05, 3.63) is 95.8 Å². The lowest BCUT2D eigenvalue weighted by Crippen LogP contribution is -2.48. The highest BCUT2D eigenvalue weighted by molar-refractivity contribution is 5.97. The Morgan fingerprint density at radius 3 is 2.42 bits per heavy atom. The fraction of sp³-hybridized carbons (Fsp3) is 0.355. The normalized spacial score (nSPS) is 17.5. The highest BCUT2D eigenvalue weighted by Crippen LogP contribution is 2.40. The van der Waals surface area contributed by atoms with Crippen LogP contribution in [0.15, 0.2) is 78.9 Å². The van der Waals surface area contributed by atoms with Gasteiger partial charge in [0.15, 0.2) is 0 Å². The van der Waals surface area contributed by atoms with Crippen LogP contribution in [0.5, 0.6) is 5.75 Å². The van der Waals surface area contributed by atoms with E-state index in [9.17, 15) is 14.0 Å². The number of ether oxygens (including phenoxy) is 1. The maximum Gasteiger partial charge on any atom is 0.227 e. The van der Waals surface area contributed by atoms with Gasteiger partial charge in [-0.2, -0.15) is 0 Å². The number of methoxy groups -OCH3 is 1. The molecule has 2 atom stereocenters. The predicted octanol–water partition coefficient (Wildman–Crippen LogP) is 5.35. The Labute approximate surface area is 224 Å². The Bertz CT molecular complexity index is 1190. The van der Waals surface area contributed by atoms with Crippen LogP contribution in [0.4, 0.5) is 10.1 Å². The van der Waals surface area contributed by atoms with Crippen LogP contribution in [0.3, 0.4) is 0 Å². The lowest BCUT2D eigenvalue weighted by molar-refractivity contribution is -0.129. The molecule has 6 nitrogen and oxygen atoms in total. The van der Waals surface area contributed by atoms with Gasteiger partial charge in [-0.3, -0.25) is 14.5 Å². The van der Waals surface area contributed by atoms with Gasteiger partial charge in [-0.05, 0) is 66.9 Å². The van der Waals surface area contributed by atoms with Gasteiger partial charge in [0.1, 0.15) is 11.6 Å². The monoisotopic (exact) mass is 517 g/mol. The standard InChI is InChI=1S/C31H36FN3O3/c1-3-34(22-23-8-5-4-6-9-23)21-7-20-33-31(37)28-18-19-29(36)35(26-14-16-27(38-2)17-15-26)30(28)24-10-12-25(32)13-11-24/h4-6,8-17,28,30H,3,7,18-22H2,1-2H3,(H,33,37). The van der Waals surface area contributed by atoms with Gasteiger partial charge >= 0.3 is 0 Å². The number of hydrogen-bond donors (Lipinski definition) is 1. The second-order valence-corrected chi connectivity index (χ2v) is 9.60. The molecule has 0 radical (unpaired) electrons. The van der Waals surface area contributed by atoms with Crippen molar-refractivity contribution in [3.8, 4) is 5.75 Å². The first-order valence-electron chi connectivity index (χ1n) is 13.3. The summed E-state index contributed by atoms with van der Waals surface area (Å²) in [5.41, 5.74) is 2.68. The molecule has 2 unspecified atom stereocenters. The number of halogens is 1. The van der Waals surface area contributed by atoms with Gasteiger partial charge < -0.3 is 15.0 Å². The van der Waals surface area contributed by atoms with Crippen LogP contribution in [0.1, 0.15) is 43.4 Å². The SMILES string of the molecule is CCN(CCCNC(=O)C1CCC(=O)N(c2ccc(OC)cc2)C1c1ccc(F)cc1)Cc1ccccc1. The van der Waals surface area contributed by atoms with E-state index in [1.807, 2.05) is 30.3 Å². The number of amides is 2. The zero-order chi connectivity index (χ0) is 26.9. The topological polar surface area (TPSA) is 61.9 Å². The van der Waals surface area contributed by atoms with Crippen molar-refractivity contribution in [2.24, 2.45) is 5.92 Å². The molecule has 1 aliphatic rings. The molecule has 0 aromatic heterocycles. The van der Waals surface area contributed by atoms with Crippen LogP contribution in [0.25, 0.3) is 0 Å². The van der Waals surface area contributed by atoms with Gasteiger partial charge in [-0.15, -0.1) is 0 Å². The smallest absolute Gasteiger partial charge is 0.227 e. The molecule has 0 aliphatic carbocycles. The van der Waals surface area contributed by atoms with Crippen LogP contribution in [0, 0.1) is 11.7 Å². The van der Waals surface area contributed by atoms with Crippen molar-refractivity contribution >= 4 is 17.5 Å². The molecule has 3 aromatic carbocycles. The van der Waals surface area contributed by atoms with Gasteiger partial charge in [0.05, 0.1) is 19.1 Å². The molecule has 2 amide bonds. The molecule has 38 heavy (non-hydrogen) atoms. The number of carbonyl (C=O) groups excluding carboxylic acids is 2. The number of nitrogens with one attached hydrogen (secondary N) is 1. The molecule has 7 heteroatoms. The number of anilines is 1. The molecule has 1 aliphatic heterocycles. The van der Waals surface area contributed by atoms with Crippen molar-refractivity contribution in [1.29, 1.82) is 0 Å². The summed E-state index contributed by atoms with van der Waals surface area (Å²) in [5.74, 6) is -0.278. The summed E-state index contributed by atoms with van der Waals surface area (Å²) in [4.78, 5) is 30.7. The van der Waals surface area contributed by atoms with E-state index in [2.05, 4.69) is 29.3 Å². The van der Waals surface area contributed by atoms with Gasteiger partial charge in [0, 0.05) is 31.7 Å². The number of rotatable bonds is 11. The van der Waals surface area contributed by atoms with Gasteiger partial charge in [-0.25, -0.2) is 4.39 Å². The first-order chi connectivity index (χ1) is 18.5. The van der Waals surface area contributed by atoms with Crippen molar-refractivity contribution in [1.82, 2.24) is 10.2 Å². The molecular formula is C31H36FN3O3. The van der Waals surface area contributed by atoms with Crippen molar-refractivity contribution in [2.75, 3.05) is 31.6 Å². The Kier molecular flexibility index (Phi) is 9.49. The van der Waals surface area contributed by atoms with E-state index in [-0.39, 0.29) is 24.1 Å². The Morgan fingerprint density at radius 1 is 1.05 bits per heavy atom. The largest absolute Gasteiger partial charge is 0.497 e. The Morgan fingerprint density at radius 2 is 1.76 bits per heavy atom. The second-order valence-electron chi connectivity index (χ2n) is 9.60. The third-order valence-corrected chi connectivity index (χ3v) is 7.14. The first kappa shape index (κ1) is 27.3. The first-order valence-corrected chi connectivity index (χ1v) is 13.3. The minimum Gasteiger partial charge on any atom is -0.497 e. The quantitative estimate of drug-likeness (QED) is 0.349. The highest BCUT2D eigenvalue weighted by atomic mass is 19.1. The predicted molar refractivity (Wildman–Crippen MR) is 147 cm³/mol. The molecule has 0 spiro atoms. The summed E-state index contributed by atoms with van der Waals surface area (Å²) in [6, 6.07) is 23.1. The summed E-state index contributed by atoms with van der Waals surface area (Å²) in [6.07, 6.45) is 1.53. The fourth-order valence-corrected chi connectivity index (χ4v) is 5.09. The highest BCUT2D eigenvalue weighted by Gasteiger charge is 2.41. The number of nitrogens with zero attached hydrogens (tertiary/aromatic N) is 2. The molecule has 4 rings (SSSR count). The van der Waals surface area contributed by atoms with Crippen LogP contribution < -0.4 is 15.0 Å². The lowest BCUT2D eigenvalue weighted by Gasteiger charge is -2.41. The van der Waals surface area contributed by atoms with E-state index >= 15 is 0 Å². The minimum atomic E-state index is -0.532. The fourth-order valence-electron chi connectivity index (χ4n) is 5.09. The number of hydrogen-bond acceptors (Lipinski definition) is 4. The third kappa shape index (κ3) is 6.78. The molecule has 1 saturated heterocycles. The molecule has 200 valence electrons. The summed E-state index contributed by atoms with van der Waals surface area (Å²) >= 11 is 0. The lowest BCUT2D eigenvalue weighted by atomic mass is 9.83. The van der Waals surface area contributed by atoms with Crippen molar-refractivity contribution in [2.45, 2.75) is 38.8 Å². The van der Waals surface area contributed by atoms with E-state index < -0.39 is 12.0 Å². The van der Waals surface area contributed by atoms with Crippen LogP contribution in [-0.4, -0.2) is 43.5 Å². The van der Waals surface area contributed by atoms with E-state index in [1.54, 1.807) is 36.3 Å². The maximum absolute atomic E-state index is 13.7. The summed E-state index contributed by atoms with van der Waals surface area (Å²) in [5, 5.41) is 3.11. The summed E-state index contributed by atoms with van der Waals surface area (Å²) < 4.78 is 19.0. The molecule has 3 aromatic rings. The van der Waals surface area contributed by atoms with Crippen LogP contribution in [0.2, 0.25) is 0 Å². The van der Waals surface area contributed by atoms with E-state index in [1.165, 1.54) is 17.7 Å². The van der Waals surface area contributed by atoms with Crippen molar-refractivity contribution < 1.29 is 18.7 Å². The molecule has 0 saturated carbocycles. The number of piperidine rings is 1. The maximum atomic E-state index is 13.7. The Balaban J connectivity index is 1.46. The van der Waals surface area contributed by atoms with E-state index in [0.717, 1.165) is 31.6 Å². The van der Waals surface area contributed by atoms with Crippen LogP contribution in [-0.2, 0) is 16.1 Å². The number of carbonyl (C=O) groups is 2. The van der Waals surface area contributed by atoms with Gasteiger partial charge in [0.25, 0.3) is 0 Å².